The van der Waals surface area contributed by atoms with Crippen LogP contribution in [0.2, 0.25) is 0 Å². The van der Waals surface area contributed by atoms with Gasteiger partial charge in [-0.1, -0.05) is 6.07 Å². The van der Waals surface area contributed by atoms with E-state index in [9.17, 15) is 9.59 Å². The summed E-state index contributed by atoms with van der Waals surface area (Å²) >= 11 is 0. The molecule has 2 aliphatic rings. The van der Waals surface area contributed by atoms with E-state index in [1.807, 2.05) is 23.2 Å². The molecule has 0 radical (unpaired) electrons. The summed E-state index contributed by atoms with van der Waals surface area (Å²) in [7, 11) is 1.77. The van der Waals surface area contributed by atoms with Gasteiger partial charge in [-0.25, -0.2) is 4.79 Å². The van der Waals surface area contributed by atoms with Crippen LogP contribution in [0.15, 0.2) is 24.5 Å². The van der Waals surface area contributed by atoms with E-state index in [1.165, 1.54) is 0 Å². The van der Waals surface area contributed by atoms with Crippen molar-refractivity contribution < 1.29 is 9.59 Å². The maximum Gasteiger partial charge on any atom is 0.320 e. The van der Waals surface area contributed by atoms with Crippen molar-refractivity contribution in [3.05, 3.63) is 30.1 Å². The third-order valence-corrected chi connectivity index (χ3v) is 4.52. The quantitative estimate of drug-likeness (QED) is 0.850. The predicted octanol–water partition coefficient (Wildman–Crippen LogP) is 1.50. The minimum atomic E-state index is -0.0525. The molecule has 3 rings (SSSR count). The fourth-order valence-corrected chi connectivity index (χ4v) is 3.25. The molecule has 0 aliphatic carbocycles. The first-order valence-electron chi connectivity index (χ1n) is 7.86. The molecule has 6 nitrogen and oxygen atoms in total. The van der Waals surface area contributed by atoms with Crippen molar-refractivity contribution in [1.82, 2.24) is 19.7 Å². The van der Waals surface area contributed by atoms with Gasteiger partial charge >= 0.3 is 6.03 Å². The van der Waals surface area contributed by atoms with E-state index in [1.54, 1.807) is 23.0 Å². The molecule has 22 heavy (non-hydrogen) atoms. The lowest BCUT2D eigenvalue weighted by Gasteiger charge is -2.36. The topological polar surface area (TPSA) is 56.8 Å². The van der Waals surface area contributed by atoms with Crippen LogP contribution in [0, 0.1) is 0 Å². The average molecular weight is 302 g/mol. The molecule has 1 atom stereocenters. The van der Waals surface area contributed by atoms with Gasteiger partial charge in [0.25, 0.3) is 0 Å². The molecule has 2 fully saturated rings. The average Bonchev–Trinajstić information content (AvgIpc) is 2.88. The molecular formula is C16H22N4O2. The Morgan fingerprint density at radius 3 is 2.86 bits per heavy atom. The summed E-state index contributed by atoms with van der Waals surface area (Å²) in [6, 6.07) is 3.97. The van der Waals surface area contributed by atoms with Crippen molar-refractivity contribution in [3.8, 4) is 0 Å². The molecule has 0 aromatic carbocycles. The van der Waals surface area contributed by atoms with Crippen LogP contribution in [0.5, 0.6) is 0 Å². The van der Waals surface area contributed by atoms with Gasteiger partial charge in [-0.05, 0) is 30.9 Å². The number of urea groups is 1. The largest absolute Gasteiger partial charge is 0.334 e. The molecular weight excluding hydrogens is 280 g/mol. The van der Waals surface area contributed by atoms with Crippen LogP contribution in [-0.4, -0.2) is 64.8 Å². The van der Waals surface area contributed by atoms with Crippen molar-refractivity contribution in [2.24, 2.45) is 0 Å². The van der Waals surface area contributed by atoms with E-state index in [2.05, 4.69) is 4.98 Å². The Bertz CT molecular complexity index is 548. The first-order valence-corrected chi connectivity index (χ1v) is 7.86. The zero-order valence-electron chi connectivity index (χ0n) is 12.9. The Balaban J connectivity index is 1.71. The predicted molar refractivity (Wildman–Crippen MR) is 82.1 cm³/mol. The Kier molecular flexibility index (Phi) is 4.27. The highest BCUT2D eigenvalue weighted by Crippen LogP contribution is 2.30. The number of hydrogen-bond acceptors (Lipinski definition) is 3. The van der Waals surface area contributed by atoms with Crippen LogP contribution in [0.1, 0.15) is 30.9 Å². The molecule has 0 unspecified atom stereocenters. The van der Waals surface area contributed by atoms with Crippen molar-refractivity contribution in [3.63, 3.8) is 0 Å². The first kappa shape index (κ1) is 14.8. The molecule has 6 heteroatoms. The molecule has 0 N–H and O–H groups in total. The number of nitrogens with zero attached hydrogens (tertiary/aromatic N) is 4. The number of amides is 3. The number of carbonyl (C=O) groups is 2. The van der Waals surface area contributed by atoms with E-state index in [0.717, 1.165) is 31.4 Å². The zero-order valence-corrected chi connectivity index (χ0v) is 12.9. The van der Waals surface area contributed by atoms with Crippen molar-refractivity contribution in [2.45, 2.75) is 25.3 Å². The molecule has 2 saturated heterocycles. The second kappa shape index (κ2) is 6.34. The summed E-state index contributed by atoms with van der Waals surface area (Å²) in [5, 5.41) is 0. The second-order valence-corrected chi connectivity index (χ2v) is 6.01. The minimum absolute atomic E-state index is 0.0391. The molecule has 1 aromatic heterocycles. The fraction of sp³-hybridized carbons (Fsp3) is 0.562. The molecule has 0 bridgehead atoms. The lowest BCUT2D eigenvalue weighted by atomic mass is 9.96. The molecule has 1 aromatic rings. The number of likely N-dealkylation sites (tertiary alicyclic amines) is 1. The van der Waals surface area contributed by atoms with Gasteiger partial charge in [0, 0.05) is 39.1 Å². The van der Waals surface area contributed by atoms with Crippen LogP contribution in [-0.2, 0) is 4.79 Å². The van der Waals surface area contributed by atoms with Gasteiger partial charge < -0.3 is 14.7 Å². The lowest BCUT2D eigenvalue weighted by Crippen LogP contribution is -2.45. The maximum absolute atomic E-state index is 12.7. The molecule has 3 heterocycles. The number of rotatable bonds is 3. The Labute approximate surface area is 130 Å². The van der Waals surface area contributed by atoms with Crippen LogP contribution in [0.25, 0.3) is 0 Å². The number of pyridine rings is 1. The van der Waals surface area contributed by atoms with Gasteiger partial charge in [0.15, 0.2) is 0 Å². The van der Waals surface area contributed by atoms with E-state index in [0.29, 0.717) is 13.1 Å². The van der Waals surface area contributed by atoms with E-state index in [-0.39, 0.29) is 24.5 Å². The summed E-state index contributed by atoms with van der Waals surface area (Å²) in [5.74, 6) is 0.0391. The van der Waals surface area contributed by atoms with Crippen molar-refractivity contribution in [2.75, 3.05) is 33.2 Å². The van der Waals surface area contributed by atoms with Gasteiger partial charge in [0.05, 0.1) is 6.04 Å². The SMILES string of the molecule is CN1CCN(CC(=O)N2CCCC[C@@H]2c2cccnc2)C1=O. The summed E-state index contributed by atoms with van der Waals surface area (Å²) < 4.78 is 0. The van der Waals surface area contributed by atoms with Gasteiger partial charge in [-0.3, -0.25) is 9.78 Å². The highest BCUT2D eigenvalue weighted by Gasteiger charge is 2.32. The summed E-state index contributed by atoms with van der Waals surface area (Å²) in [6.07, 6.45) is 6.69. The zero-order chi connectivity index (χ0) is 15.5. The summed E-state index contributed by atoms with van der Waals surface area (Å²) in [6.45, 7) is 2.26. The lowest BCUT2D eigenvalue weighted by molar-refractivity contribution is -0.135. The third kappa shape index (κ3) is 2.91. The first-order chi connectivity index (χ1) is 10.7. The van der Waals surface area contributed by atoms with Gasteiger partial charge in [-0.15, -0.1) is 0 Å². The highest BCUT2D eigenvalue weighted by atomic mass is 16.2. The number of likely N-dealkylation sites (N-methyl/N-ethyl adjacent to an activating group) is 1. The summed E-state index contributed by atoms with van der Waals surface area (Å²) in [4.78, 5) is 34.0. The number of aromatic nitrogens is 1. The Morgan fingerprint density at radius 2 is 2.18 bits per heavy atom. The molecule has 0 saturated carbocycles. The molecule has 2 aliphatic heterocycles. The van der Waals surface area contributed by atoms with E-state index < -0.39 is 0 Å². The molecule has 118 valence electrons. The second-order valence-electron chi connectivity index (χ2n) is 6.01. The standard InChI is InChI=1S/C16H22N4O2/c1-18-9-10-19(16(18)22)12-15(21)20-8-3-2-6-14(20)13-5-4-7-17-11-13/h4-5,7,11,14H,2-3,6,8-10,12H2,1H3/t14-/m1/s1. The third-order valence-electron chi connectivity index (χ3n) is 4.52. The maximum atomic E-state index is 12.7. The molecule has 3 amide bonds. The molecule has 0 spiro atoms. The van der Waals surface area contributed by atoms with Gasteiger partial charge in [0.2, 0.25) is 5.91 Å². The van der Waals surface area contributed by atoms with Crippen LogP contribution >= 0.6 is 0 Å². The normalized spacial score (nSPS) is 22.3. The smallest absolute Gasteiger partial charge is 0.320 e. The monoisotopic (exact) mass is 302 g/mol. The van der Waals surface area contributed by atoms with Crippen LogP contribution < -0.4 is 0 Å². The number of piperidine rings is 1. The van der Waals surface area contributed by atoms with Crippen molar-refractivity contribution >= 4 is 11.9 Å². The summed E-state index contributed by atoms with van der Waals surface area (Å²) in [5.41, 5.74) is 1.08. The minimum Gasteiger partial charge on any atom is -0.334 e. The van der Waals surface area contributed by atoms with Crippen molar-refractivity contribution in [1.29, 1.82) is 0 Å². The van der Waals surface area contributed by atoms with E-state index >= 15 is 0 Å². The Hall–Kier alpha value is -2.11. The van der Waals surface area contributed by atoms with Gasteiger partial charge in [-0.2, -0.15) is 0 Å². The highest BCUT2D eigenvalue weighted by molar-refractivity contribution is 5.85. The van der Waals surface area contributed by atoms with Gasteiger partial charge in [0.1, 0.15) is 6.54 Å². The number of hydrogen-bond donors (Lipinski definition) is 0. The van der Waals surface area contributed by atoms with Crippen LogP contribution in [0.3, 0.4) is 0 Å². The number of carbonyl (C=O) groups excluding carboxylic acids is 2. The van der Waals surface area contributed by atoms with Crippen LogP contribution in [0.4, 0.5) is 4.79 Å². The Morgan fingerprint density at radius 1 is 1.32 bits per heavy atom. The fourth-order valence-electron chi connectivity index (χ4n) is 3.25. The van der Waals surface area contributed by atoms with E-state index in [4.69, 9.17) is 0 Å².